The Morgan fingerprint density at radius 2 is 2.06 bits per heavy atom. The van der Waals surface area contributed by atoms with Crippen molar-refractivity contribution in [2.24, 2.45) is 0 Å². The molecule has 0 spiro atoms. The summed E-state index contributed by atoms with van der Waals surface area (Å²) in [6, 6.07) is 9.31. The Hall–Kier alpha value is -2.10. The molecule has 0 bridgehead atoms. The van der Waals surface area contributed by atoms with Crippen LogP contribution in [0.4, 0.5) is 0 Å². The van der Waals surface area contributed by atoms with Crippen molar-refractivity contribution in [1.29, 1.82) is 0 Å². The van der Waals surface area contributed by atoms with Crippen LogP contribution in [-0.4, -0.2) is 24.7 Å². The van der Waals surface area contributed by atoms with Crippen molar-refractivity contribution < 1.29 is 9.59 Å². The normalized spacial score (nSPS) is 21.2. The van der Waals surface area contributed by atoms with Gasteiger partial charge in [0.25, 0.3) is 0 Å². The van der Waals surface area contributed by atoms with E-state index in [1.807, 2.05) is 36.4 Å². The van der Waals surface area contributed by atoms with E-state index in [0.29, 0.717) is 12.8 Å². The first-order chi connectivity index (χ1) is 7.79. The molecule has 16 heavy (non-hydrogen) atoms. The van der Waals surface area contributed by atoms with Gasteiger partial charge in [-0.2, -0.15) is 0 Å². The SMILES string of the molecule is O=CC(=O)C1CNC(=Cc2ccccc2)N1. The topological polar surface area (TPSA) is 58.2 Å². The Labute approximate surface area is 93.3 Å². The molecule has 1 aliphatic rings. The first-order valence-electron chi connectivity index (χ1n) is 5.06. The van der Waals surface area contributed by atoms with Crippen molar-refractivity contribution >= 4 is 18.1 Å². The monoisotopic (exact) mass is 216 g/mol. The number of aldehydes is 1. The van der Waals surface area contributed by atoms with Crippen LogP contribution in [0.15, 0.2) is 36.2 Å². The second-order valence-electron chi connectivity index (χ2n) is 3.57. The van der Waals surface area contributed by atoms with Gasteiger partial charge < -0.3 is 10.6 Å². The fourth-order valence-electron chi connectivity index (χ4n) is 1.56. The molecule has 2 N–H and O–H groups in total. The van der Waals surface area contributed by atoms with Crippen molar-refractivity contribution in [3.63, 3.8) is 0 Å². The smallest absolute Gasteiger partial charge is 0.219 e. The Bertz CT molecular complexity index is 426. The minimum atomic E-state index is -0.438. The average molecular weight is 216 g/mol. The lowest BCUT2D eigenvalue weighted by atomic mass is 10.2. The summed E-state index contributed by atoms with van der Waals surface area (Å²) in [4.78, 5) is 21.4. The molecule has 0 aromatic heterocycles. The number of hydrogen-bond donors (Lipinski definition) is 2. The summed E-state index contributed by atoms with van der Waals surface area (Å²) in [5.41, 5.74) is 1.04. The van der Waals surface area contributed by atoms with E-state index in [1.54, 1.807) is 0 Å². The Balaban J connectivity index is 2.06. The van der Waals surface area contributed by atoms with Crippen LogP contribution >= 0.6 is 0 Å². The fourth-order valence-corrected chi connectivity index (χ4v) is 1.56. The van der Waals surface area contributed by atoms with Gasteiger partial charge in [-0.15, -0.1) is 0 Å². The van der Waals surface area contributed by atoms with Gasteiger partial charge in [0.15, 0.2) is 6.29 Å². The largest absolute Gasteiger partial charge is 0.369 e. The third-order valence-electron chi connectivity index (χ3n) is 2.40. The van der Waals surface area contributed by atoms with Gasteiger partial charge in [-0.1, -0.05) is 30.3 Å². The summed E-state index contributed by atoms with van der Waals surface area (Å²) in [5.74, 6) is 0.343. The molecule has 4 nitrogen and oxygen atoms in total. The van der Waals surface area contributed by atoms with Crippen molar-refractivity contribution in [1.82, 2.24) is 10.6 Å². The summed E-state index contributed by atoms with van der Waals surface area (Å²) in [5, 5.41) is 6.00. The van der Waals surface area contributed by atoms with Crippen molar-refractivity contribution in [2.75, 3.05) is 6.54 Å². The summed E-state index contributed by atoms with van der Waals surface area (Å²) in [6.07, 6.45) is 2.25. The van der Waals surface area contributed by atoms with Crippen LogP contribution in [0.1, 0.15) is 5.56 Å². The lowest BCUT2D eigenvalue weighted by Crippen LogP contribution is -2.33. The van der Waals surface area contributed by atoms with Gasteiger partial charge >= 0.3 is 0 Å². The first-order valence-corrected chi connectivity index (χ1v) is 5.06. The van der Waals surface area contributed by atoms with Gasteiger partial charge in [0.1, 0.15) is 6.04 Å². The molecule has 0 amide bonds. The molecule has 82 valence electrons. The Morgan fingerprint density at radius 3 is 2.75 bits per heavy atom. The number of ketones is 1. The molecule has 1 aromatic rings. The maximum atomic E-state index is 11.1. The Morgan fingerprint density at radius 1 is 1.31 bits per heavy atom. The second kappa shape index (κ2) is 4.61. The quantitative estimate of drug-likeness (QED) is 0.564. The van der Waals surface area contributed by atoms with Crippen LogP contribution in [0.5, 0.6) is 0 Å². The van der Waals surface area contributed by atoms with E-state index >= 15 is 0 Å². The molecule has 1 fully saturated rings. The minimum Gasteiger partial charge on any atom is -0.369 e. The summed E-state index contributed by atoms with van der Waals surface area (Å²) in [7, 11) is 0. The van der Waals surface area contributed by atoms with E-state index in [9.17, 15) is 9.59 Å². The molecule has 1 atom stereocenters. The average Bonchev–Trinajstić information content (AvgIpc) is 2.78. The number of nitrogens with one attached hydrogen (secondary N) is 2. The molecule has 1 unspecified atom stereocenters. The van der Waals surface area contributed by atoms with E-state index in [2.05, 4.69) is 10.6 Å². The lowest BCUT2D eigenvalue weighted by Gasteiger charge is -2.03. The van der Waals surface area contributed by atoms with Gasteiger partial charge in [0.05, 0.1) is 5.82 Å². The predicted molar refractivity (Wildman–Crippen MR) is 60.4 cm³/mol. The van der Waals surface area contributed by atoms with Gasteiger partial charge in [-0.3, -0.25) is 9.59 Å². The first kappa shape index (κ1) is 10.4. The zero-order valence-corrected chi connectivity index (χ0v) is 8.64. The van der Waals surface area contributed by atoms with Gasteiger partial charge in [-0.25, -0.2) is 0 Å². The van der Waals surface area contributed by atoms with E-state index < -0.39 is 11.8 Å². The van der Waals surface area contributed by atoms with Crippen LogP contribution < -0.4 is 10.6 Å². The van der Waals surface area contributed by atoms with Crippen molar-refractivity contribution in [3.8, 4) is 0 Å². The number of rotatable bonds is 3. The van der Waals surface area contributed by atoms with Crippen LogP contribution in [0.2, 0.25) is 0 Å². The molecule has 1 heterocycles. The molecule has 2 rings (SSSR count). The standard InChI is InChI=1S/C12H12N2O2/c15-8-11(16)10-7-13-12(14-10)6-9-4-2-1-3-5-9/h1-6,8,10,13-14H,7H2. The molecule has 1 aromatic carbocycles. The highest BCUT2D eigenvalue weighted by Crippen LogP contribution is 2.06. The van der Waals surface area contributed by atoms with Crippen LogP contribution in [0.25, 0.3) is 6.08 Å². The number of benzene rings is 1. The van der Waals surface area contributed by atoms with E-state index in [4.69, 9.17) is 0 Å². The van der Waals surface area contributed by atoms with E-state index in [0.717, 1.165) is 11.4 Å². The van der Waals surface area contributed by atoms with Gasteiger partial charge in [0, 0.05) is 6.54 Å². The predicted octanol–water partition coefficient (Wildman–Crippen LogP) is 0.314. The van der Waals surface area contributed by atoms with Gasteiger partial charge in [0.2, 0.25) is 5.78 Å². The number of carbonyl (C=O) groups excluding carboxylic acids is 2. The van der Waals surface area contributed by atoms with Crippen LogP contribution in [0, 0.1) is 0 Å². The highest BCUT2D eigenvalue weighted by atomic mass is 16.2. The third kappa shape index (κ3) is 2.28. The third-order valence-corrected chi connectivity index (χ3v) is 2.40. The van der Waals surface area contributed by atoms with Gasteiger partial charge in [-0.05, 0) is 11.6 Å². The number of carbonyl (C=O) groups is 2. The maximum Gasteiger partial charge on any atom is 0.219 e. The molecule has 1 saturated heterocycles. The highest BCUT2D eigenvalue weighted by molar-refractivity contribution is 6.27. The maximum absolute atomic E-state index is 11.1. The van der Waals surface area contributed by atoms with E-state index in [1.165, 1.54) is 0 Å². The molecule has 1 aliphatic heterocycles. The highest BCUT2D eigenvalue weighted by Gasteiger charge is 2.23. The molecular weight excluding hydrogens is 204 g/mol. The molecule has 0 saturated carbocycles. The number of Topliss-reactive ketones (excluding diaryl/α,β-unsaturated/α-hetero) is 1. The fraction of sp³-hybridized carbons (Fsp3) is 0.167. The molecule has 0 radical (unpaired) electrons. The molecule has 0 aliphatic carbocycles. The molecule has 4 heteroatoms. The lowest BCUT2D eigenvalue weighted by molar-refractivity contribution is -0.130. The number of hydrogen-bond acceptors (Lipinski definition) is 4. The van der Waals surface area contributed by atoms with Crippen molar-refractivity contribution in [2.45, 2.75) is 6.04 Å². The minimum absolute atomic E-state index is 0.352. The van der Waals surface area contributed by atoms with E-state index in [-0.39, 0.29) is 0 Å². The summed E-state index contributed by atoms with van der Waals surface area (Å²) in [6.45, 7) is 0.455. The summed E-state index contributed by atoms with van der Waals surface area (Å²) >= 11 is 0. The van der Waals surface area contributed by atoms with Crippen molar-refractivity contribution in [3.05, 3.63) is 41.7 Å². The summed E-state index contributed by atoms with van der Waals surface area (Å²) < 4.78 is 0. The second-order valence-corrected chi connectivity index (χ2v) is 3.57. The molecular formula is C12H12N2O2. The van der Waals surface area contributed by atoms with Crippen LogP contribution in [-0.2, 0) is 9.59 Å². The zero-order chi connectivity index (χ0) is 11.4. The Kier molecular flexibility index (Phi) is 3.00. The zero-order valence-electron chi connectivity index (χ0n) is 8.64. The van der Waals surface area contributed by atoms with Crippen LogP contribution in [0.3, 0.4) is 0 Å².